The molecule has 1 aromatic rings. The van der Waals surface area contributed by atoms with Gasteiger partial charge in [0.15, 0.2) is 5.11 Å². The Kier molecular flexibility index (Phi) is 6.00. The molecule has 0 fully saturated rings. The average Bonchev–Trinajstić information content (AvgIpc) is 2.69. The van der Waals surface area contributed by atoms with E-state index in [-0.39, 0.29) is 12.1 Å². The second kappa shape index (κ2) is 7.29. The third-order valence-corrected chi connectivity index (χ3v) is 2.49. The summed E-state index contributed by atoms with van der Waals surface area (Å²) in [5, 5.41) is 7.02. The Morgan fingerprint density at radius 3 is 2.71 bits per heavy atom. The second-order valence-corrected chi connectivity index (χ2v) is 4.57. The summed E-state index contributed by atoms with van der Waals surface area (Å²) in [5.74, 6) is 0.956. The van der Waals surface area contributed by atoms with Gasteiger partial charge in [-0.25, -0.2) is 0 Å². The molecule has 0 aromatic carbocycles. The smallest absolute Gasteiger partial charge is 0.166 e. The number of hydrogen-bond acceptors (Lipinski definition) is 3. The minimum absolute atomic E-state index is 0.204. The van der Waals surface area contributed by atoms with Crippen LogP contribution < -0.4 is 10.6 Å². The first kappa shape index (κ1) is 14.0. The molecule has 0 amide bonds. The van der Waals surface area contributed by atoms with Crippen LogP contribution in [0.1, 0.15) is 19.6 Å². The maximum atomic E-state index is 5.28. The van der Waals surface area contributed by atoms with Crippen LogP contribution in [0.5, 0.6) is 0 Å². The van der Waals surface area contributed by atoms with Crippen molar-refractivity contribution in [3.8, 4) is 0 Å². The van der Waals surface area contributed by atoms with Crippen molar-refractivity contribution in [1.82, 2.24) is 10.6 Å². The van der Waals surface area contributed by atoms with Crippen molar-refractivity contribution in [2.75, 3.05) is 13.7 Å². The third kappa shape index (κ3) is 5.70. The van der Waals surface area contributed by atoms with Gasteiger partial charge in [0.1, 0.15) is 5.76 Å². The highest BCUT2D eigenvalue weighted by molar-refractivity contribution is 7.80. The summed E-state index contributed by atoms with van der Waals surface area (Å²) < 4.78 is 10.3. The van der Waals surface area contributed by atoms with E-state index < -0.39 is 0 Å². The van der Waals surface area contributed by atoms with Crippen LogP contribution in [0.25, 0.3) is 0 Å². The monoisotopic (exact) mass is 256 g/mol. The van der Waals surface area contributed by atoms with E-state index in [2.05, 4.69) is 17.6 Å². The summed E-state index contributed by atoms with van der Waals surface area (Å²) in [4.78, 5) is 0. The van der Waals surface area contributed by atoms with Gasteiger partial charge in [-0.3, -0.25) is 0 Å². The molecule has 4 nitrogen and oxygen atoms in total. The van der Waals surface area contributed by atoms with E-state index in [4.69, 9.17) is 21.4 Å². The molecule has 0 aliphatic carbocycles. The number of nitrogens with one attached hydrogen (secondary N) is 2. The molecule has 5 heteroatoms. The van der Waals surface area contributed by atoms with E-state index in [1.54, 1.807) is 13.4 Å². The number of methoxy groups -OCH3 is 1. The van der Waals surface area contributed by atoms with Gasteiger partial charge in [-0.05, 0) is 38.2 Å². The van der Waals surface area contributed by atoms with E-state index in [0.29, 0.717) is 11.7 Å². The Morgan fingerprint density at radius 1 is 1.41 bits per heavy atom. The lowest BCUT2D eigenvalue weighted by Crippen LogP contribution is -2.46. The van der Waals surface area contributed by atoms with Crippen LogP contribution in [0.3, 0.4) is 0 Å². The van der Waals surface area contributed by atoms with Crippen molar-refractivity contribution in [3.05, 3.63) is 24.2 Å². The Morgan fingerprint density at radius 2 is 2.12 bits per heavy atom. The molecule has 0 aliphatic rings. The zero-order valence-corrected chi connectivity index (χ0v) is 11.3. The molecule has 1 heterocycles. The number of furan rings is 1. The van der Waals surface area contributed by atoms with E-state index in [1.807, 2.05) is 19.1 Å². The SMILES string of the molecule is COCC(C)NC(=S)NC(C)Cc1ccco1. The minimum Gasteiger partial charge on any atom is -0.469 e. The molecule has 0 saturated heterocycles. The fourth-order valence-corrected chi connectivity index (χ4v) is 1.96. The molecule has 0 saturated carbocycles. The first-order valence-electron chi connectivity index (χ1n) is 5.70. The van der Waals surface area contributed by atoms with Gasteiger partial charge in [-0.1, -0.05) is 0 Å². The van der Waals surface area contributed by atoms with E-state index in [0.717, 1.165) is 12.2 Å². The van der Waals surface area contributed by atoms with E-state index in [9.17, 15) is 0 Å². The van der Waals surface area contributed by atoms with Crippen LogP contribution in [0.4, 0.5) is 0 Å². The molecule has 1 aromatic heterocycles. The predicted octanol–water partition coefficient (Wildman–Crippen LogP) is 1.71. The van der Waals surface area contributed by atoms with Crippen LogP contribution in [-0.4, -0.2) is 30.9 Å². The number of ether oxygens (including phenoxy) is 1. The van der Waals surface area contributed by atoms with E-state index >= 15 is 0 Å². The van der Waals surface area contributed by atoms with Gasteiger partial charge in [0.05, 0.1) is 12.9 Å². The summed E-state index contributed by atoms with van der Waals surface area (Å²) in [6.07, 6.45) is 2.49. The molecule has 0 bridgehead atoms. The molecule has 0 spiro atoms. The van der Waals surface area contributed by atoms with Crippen LogP contribution in [0, 0.1) is 0 Å². The number of rotatable bonds is 6. The highest BCUT2D eigenvalue weighted by atomic mass is 32.1. The molecule has 0 aliphatic heterocycles. The maximum absolute atomic E-state index is 5.28. The van der Waals surface area contributed by atoms with Gasteiger partial charge in [-0.15, -0.1) is 0 Å². The van der Waals surface area contributed by atoms with Gasteiger partial charge in [-0.2, -0.15) is 0 Å². The summed E-state index contributed by atoms with van der Waals surface area (Å²) in [5.41, 5.74) is 0. The summed E-state index contributed by atoms with van der Waals surface area (Å²) >= 11 is 5.21. The molecular formula is C12H20N2O2S. The van der Waals surface area contributed by atoms with Crippen molar-refractivity contribution >= 4 is 17.3 Å². The number of thiocarbonyl (C=S) groups is 1. The van der Waals surface area contributed by atoms with Crippen molar-refractivity contribution < 1.29 is 9.15 Å². The topological polar surface area (TPSA) is 46.4 Å². The van der Waals surface area contributed by atoms with Crippen LogP contribution in [-0.2, 0) is 11.2 Å². The molecule has 2 atom stereocenters. The van der Waals surface area contributed by atoms with E-state index in [1.165, 1.54) is 0 Å². The first-order chi connectivity index (χ1) is 8.11. The van der Waals surface area contributed by atoms with Gasteiger partial charge in [0.2, 0.25) is 0 Å². The zero-order chi connectivity index (χ0) is 12.7. The fraction of sp³-hybridized carbons (Fsp3) is 0.583. The first-order valence-corrected chi connectivity index (χ1v) is 6.11. The maximum Gasteiger partial charge on any atom is 0.166 e. The molecule has 2 unspecified atom stereocenters. The summed E-state index contributed by atoms with van der Waals surface area (Å²) in [7, 11) is 1.67. The second-order valence-electron chi connectivity index (χ2n) is 4.16. The van der Waals surface area contributed by atoms with Crippen molar-refractivity contribution in [3.63, 3.8) is 0 Å². The summed E-state index contributed by atoms with van der Waals surface area (Å²) in [6, 6.07) is 4.29. The standard InChI is InChI=1S/C12H20N2O2S/c1-9(7-11-5-4-6-16-11)13-12(17)14-10(2)8-15-3/h4-6,9-10H,7-8H2,1-3H3,(H2,13,14,17). The minimum atomic E-state index is 0.204. The van der Waals surface area contributed by atoms with Crippen molar-refractivity contribution in [1.29, 1.82) is 0 Å². The van der Waals surface area contributed by atoms with Gasteiger partial charge < -0.3 is 19.8 Å². The molecule has 96 valence electrons. The molecular weight excluding hydrogens is 236 g/mol. The average molecular weight is 256 g/mol. The Balaban J connectivity index is 2.26. The Bertz CT molecular complexity index is 327. The van der Waals surface area contributed by atoms with Gasteiger partial charge >= 0.3 is 0 Å². The largest absolute Gasteiger partial charge is 0.469 e. The van der Waals surface area contributed by atoms with Crippen molar-refractivity contribution in [2.45, 2.75) is 32.4 Å². The van der Waals surface area contributed by atoms with Gasteiger partial charge in [0, 0.05) is 25.6 Å². The molecule has 0 radical (unpaired) electrons. The Hall–Kier alpha value is -1.07. The van der Waals surface area contributed by atoms with Crippen molar-refractivity contribution in [2.24, 2.45) is 0 Å². The van der Waals surface area contributed by atoms with Gasteiger partial charge in [0.25, 0.3) is 0 Å². The lowest BCUT2D eigenvalue weighted by atomic mass is 10.2. The zero-order valence-electron chi connectivity index (χ0n) is 10.5. The van der Waals surface area contributed by atoms with Crippen LogP contribution in [0.2, 0.25) is 0 Å². The molecule has 1 rings (SSSR count). The van der Waals surface area contributed by atoms with Crippen LogP contribution >= 0.6 is 12.2 Å². The normalized spacial score (nSPS) is 14.1. The lowest BCUT2D eigenvalue weighted by Gasteiger charge is -2.19. The summed E-state index contributed by atoms with van der Waals surface area (Å²) in [6.45, 7) is 4.72. The molecule has 17 heavy (non-hydrogen) atoms. The predicted molar refractivity (Wildman–Crippen MR) is 72.1 cm³/mol. The quantitative estimate of drug-likeness (QED) is 0.759. The van der Waals surface area contributed by atoms with Crippen LogP contribution in [0.15, 0.2) is 22.8 Å². The highest BCUT2D eigenvalue weighted by Crippen LogP contribution is 2.03. The Labute approximate surface area is 108 Å². The highest BCUT2D eigenvalue weighted by Gasteiger charge is 2.08. The number of hydrogen-bond donors (Lipinski definition) is 2. The molecule has 2 N–H and O–H groups in total. The lowest BCUT2D eigenvalue weighted by molar-refractivity contribution is 0.179. The fourth-order valence-electron chi connectivity index (χ4n) is 1.56. The third-order valence-electron chi connectivity index (χ3n) is 2.26.